The molecule has 0 spiro atoms. The quantitative estimate of drug-likeness (QED) is 0.541. The van der Waals surface area contributed by atoms with Crippen LogP contribution in [-0.2, 0) is 4.79 Å². The molecule has 29 heavy (non-hydrogen) atoms. The van der Waals surface area contributed by atoms with Crippen molar-refractivity contribution in [1.82, 2.24) is 10.2 Å². The summed E-state index contributed by atoms with van der Waals surface area (Å²) in [6, 6.07) is 12.2. The Morgan fingerprint density at radius 1 is 1.21 bits per heavy atom. The number of primary amides is 1. The van der Waals surface area contributed by atoms with E-state index in [-0.39, 0.29) is 28.5 Å². The number of halogens is 1. The largest absolute Gasteiger partial charge is 0.478 e. The molecule has 2 aromatic carbocycles. The molecule has 0 saturated carbocycles. The van der Waals surface area contributed by atoms with Crippen molar-refractivity contribution < 1.29 is 23.1 Å². The molecular formula is C19H17FN4O4S. The van der Waals surface area contributed by atoms with Crippen LogP contribution in [0, 0.1) is 5.82 Å². The Morgan fingerprint density at radius 2 is 1.93 bits per heavy atom. The van der Waals surface area contributed by atoms with Crippen LogP contribution in [-0.4, -0.2) is 27.8 Å². The van der Waals surface area contributed by atoms with Crippen molar-refractivity contribution in [2.75, 3.05) is 11.1 Å². The summed E-state index contributed by atoms with van der Waals surface area (Å²) in [5.74, 6) is -1.06. The summed E-state index contributed by atoms with van der Waals surface area (Å²) in [7, 11) is 0. The number of hydrogen-bond donors (Lipinski definition) is 2. The third kappa shape index (κ3) is 5.55. The number of para-hydroxylation sites is 1. The predicted molar refractivity (Wildman–Crippen MR) is 104 cm³/mol. The number of aromatic nitrogens is 2. The van der Waals surface area contributed by atoms with Gasteiger partial charge in [0.1, 0.15) is 0 Å². The summed E-state index contributed by atoms with van der Waals surface area (Å²) in [6.45, 7) is 1.65. The highest BCUT2D eigenvalue weighted by Crippen LogP contribution is 2.25. The van der Waals surface area contributed by atoms with Gasteiger partial charge in [0.15, 0.2) is 17.7 Å². The number of carbonyl (C=O) groups is 2. The van der Waals surface area contributed by atoms with Gasteiger partial charge >= 0.3 is 0 Å². The number of thioether (sulfide) groups is 1. The van der Waals surface area contributed by atoms with E-state index < -0.39 is 17.8 Å². The highest BCUT2D eigenvalue weighted by atomic mass is 32.2. The molecule has 0 aliphatic heterocycles. The molecule has 3 aromatic rings. The van der Waals surface area contributed by atoms with Crippen molar-refractivity contribution >= 4 is 29.3 Å². The first-order valence-electron chi connectivity index (χ1n) is 8.49. The number of hydrogen-bond acceptors (Lipinski definition) is 7. The average molecular weight is 416 g/mol. The second kappa shape index (κ2) is 9.20. The molecule has 0 fully saturated rings. The van der Waals surface area contributed by atoms with Gasteiger partial charge in [0.2, 0.25) is 11.8 Å². The number of anilines is 1. The van der Waals surface area contributed by atoms with Gasteiger partial charge in [-0.25, -0.2) is 4.39 Å². The van der Waals surface area contributed by atoms with E-state index in [1.807, 2.05) is 0 Å². The van der Waals surface area contributed by atoms with E-state index in [9.17, 15) is 14.0 Å². The van der Waals surface area contributed by atoms with Gasteiger partial charge in [-0.1, -0.05) is 23.9 Å². The number of rotatable bonds is 8. The monoisotopic (exact) mass is 416 g/mol. The second-order valence-corrected chi connectivity index (χ2v) is 6.80. The number of carbonyl (C=O) groups excluding carboxylic acids is 2. The maximum absolute atomic E-state index is 13.7. The standard InChI is InChI=1S/C19H17FN4O4S/c1-11(27-15-5-3-2-4-14(15)20)18-23-24-19(28-18)29-10-16(25)22-13-8-6-12(7-9-13)17(21)26/h2-9,11H,10H2,1H3,(H2,21,26)(H,22,25)/t11-/m1/s1. The minimum atomic E-state index is -0.661. The fraction of sp³-hybridized carbons (Fsp3) is 0.158. The molecule has 0 unspecified atom stereocenters. The van der Waals surface area contributed by atoms with Crippen LogP contribution in [0.3, 0.4) is 0 Å². The Bertz CT molecular complexity index is 1010. The maximum atomic E-state index is 13.7. The zero-order valence-corrected chi connectivity index (χ0v) is 16.1. The Kier molecular flexibility index (Phi) is 6.45. The molecule has 1 heterocycles. The van der Waals surface area contributed by atoms with Gasteiger partial charge in [0.25, 0.3) is 11.1 Å². The van der Waals surface area contributed by atoms with E-state index in [1.165, 1.54) is 24.3 Å². The van der Waals surface area contributed by atoms with E-state index in [1.54, 1.807) is 31.2 Å². The summed E-state index contributed by atoms with van der Waals surface area (Å²) in [5.41, 5.74) is 6.05. The van der Waals surface area contributed by atoms with E-state index in [2.05, 4.69) is 15.5 Å². The Balaban J connectivity index is 1.51. The van der Waals surface area contributed by atoms with Gasteiger partial charge in [-0.2, -0.15) is 0 Å². The van der Waals surface area contributed by atoms with Crippen LogP contribution in [0.15, 0.2) is 58.2 Å². The number of nitrogens with two attached hydrogens (primary N) is 1. The maximum Gasteiger partial charge on any atom is 0.277 e. The van der Waals surface area contributed by atoms with Gasteiger partial charge in [0.05, 0.1) is 5.75 Å². The number of nitrogens with one attached hydrogen (secondary N) is 1. The van der Waals surface area contributed by atoms with Gasteiger partial charge in [0, 0.05) is 11.3 Å². The van der Waals surface area contributed by atoms with Crippen molar-refractivity contribution in [1.29, 1.82) is 0 Å². The normalized spacial score (nSPS) is 11.7. The molecule has 8 nitrogen and oxygen atoms in total. The van der Waals surface area contributed by atoms with E-state index >= 15 is 0 Å². The zero-order valence-electron chi connectivity index (χ0n) is 15.3. The number of ether oxygens (including phenoxy) is 1. The third-order valence-electron chi connectivity index (χ3n) is 3.69. The predicted octanol–water partition coefficient (Wildman–Crippen LogP) is 3.18. The van der Waals surface area contributed by atoms with Gasteiger partial charge < -0.3 is 20.2 Å². The van der Waals surface area contributed by atoms with Crippen molar-refractivity contribution in [2.45, 2.75) is 18.3 Å². The smallest absolute Gasteiger partial charge is 0.277 e. The molecule has 2 amide bonds. The second-order valence-electron chi connectivity index (χ2n) is 5.88. The lowest BCUT2D eigenvalue weighted by Crippen LogP contribution is -2.15. The molecule has 0 saturated heterocycles. The van der Waals surface area contributed by atoms with Gasteiger partial charge in [-0.15, -0.1) is 10.2 Å². The molecule has 3 N–H and O–H groups in total. The Hall–Kier alpha value is -3.40. The van der Waals surface area contributed by atoms with Crippen molar-refractivity contribution in [3.05, 3.63) is 65.8 Å². The molecule has 0 aliphatic carbocycles. The van der Waals surface area contributed by atoms with E-state index in [0.29, 0.717) is 11.3 Å². The Morgan fingerprint density at radius 3 is 2.62 bits per heavy atom. The summed E-state index contributed by atoms with van der Waals surface area (Å²) < 4.78 is 24.6. The number of nitrogens with zero attached hydrogens (tertiary/aromatic N) is 2. The van der Waals surface area contributed by atoms with Crippen LogP contribution in [0.4, 0.5) is 10.1 Å². The molecule has 0 bridgehead atoms. The SMILES string of the molecule is C[C@@H](Oc1ccccc1F)c1nnc(SCC(=O)Nc2ccc(C(N)=O)cc2)o1. The first-order chi connectivity index (χ1) is 13.9. The van der Waals surface area contributed by atoms with Crippen LogP contribution in [0.2, 0.25) is 0 Å². The van der Waals surface area contributed by atoms with Gasteiger partial charge in [-0.3, -0.25) is 9.59 Å². The summed E-state index contributed by atoms with van der Waals surface area (Å²) in [6.07, 6.45) is -0.661. The van der Waals surface area contributed by atoms with Crippen molar-refractivity contribution in [3.63, 3.8) is 0 Å². The van der Waals surface area contributed by atoms with Crippen LogP contribution in [0.25, 0.3) is 0 Å². The summed E-state index contributed by atoms with van der Waals surface area (Å²) >= 11 is 1.05. The fourth-order valence-electron chi connectivity index (χ4n) is 2.27. The molecule has 3 rings (SSSR count). The highest BCUT2D eigenvalue weighted by Gasteiger charge is 2.18. The molecule has 1 aromatic heterocycles. The molecule has 0 aliphatic rings. The fourth-order valence-corrected chi connectivity index (χ4v) is 2.84. The lowest BCUT2D eigenvalue weighted by molar-refractivity contribution is -0.113. The average Bonchev–Trinajstić information content (AvgIpc) is 3.18. The first kappa shape index (κ1) is 20.3. The summed E-state index contributed by atoms with van der Waals surface area (Å²) in [5, 5.41) is 10.6. The summed E-state index contributed by atoms with van der Waals surface area (Å²) in [4.78, 5) is 23.1. The van der Waals surface area contributed by atoms with E-state index in [0.717, 1.165) is 11.8 Å². The van der Waals surface area contributed by atoms with Crippen molar-refractivity contribution in [2.24, 2.45) is 5.73 Å². The zero-order chi connectivity index (χ0) is 20.8. The van der Waals surface area contributed by atoms with Gasteiger partial charge in [-0.05, 0) is 43.3 Å². The minimum absolute atomic E-state index is 0.0295. The molecule has 150 valence electrons. The van der Waals surface area contributed by atoms with E-state index in [4.69, 9.17) is 14.9 Å². The van der Waals surface area contributed by atoms with Crippen LogP contribution in [0.1, 0.15) is 29.3 Å². The lowest BCUT2D eigenvalue weighted by atomic mass is 10.2. The van der Waals surface area contributed by atoms with Crippen LogP contribution < -0.4 is 15.8 Å². The topological polar surface area (TPSA) is 120 Å². The Labute approximate surface area is 169 Å². The highest BCUT2D eigenvalue weighted by molar-refractivity contribution is 7.99. The molecular weight excluding hydrogens is 399 g/mol. The van der Waals surface area contributed by atoms with Crippen LogP contribution in [0.5, 0.6) is 5.75 Å². The first-order valence-corrected chi connectivity index (χ1v) is 9.48. The number of amides is 2. The molecule has 10 heteroatoms. The van der Waals surface area contributed by atoms with Crippen molar-refractivity contribution in [3.8, 4) is 5.75 Å². The number of benzene rings is 2. The lowest BCUT2D eigenvalue weighted by Gasteiger charge is -2.11. The van der Waals surface area contributed by atoms with Crippen LogP contribution >= 0.6 is 11.8 Å². The third-order valence-corrected chi connectivity index (χ3v) is 4.51. The molecule has 0 radical (unpaired) electrons. The molecule has 1 atom stereocenters. The minimum Gasteiger partial charge on any atom is -0.478 e.